The van der Waals surface area contributed by atoms with Crippen LogP contribution in [0.4, 0.5) is 30.7 Å². The second kappa shape index (κ2) is 9.99. The minimum Gasteiger partial charge on any atom is -0.406 e. The molecule has 36 heavy (non-hydrogen) atoms. The Kier molecular flexibility index (Phi) is 7.40. The van der Waals surface area contributed by atoms with Crippen LogP contribution in [0.3, 0.4) is 0 Å². The molecule has 0 aliphatic heterocycles. The van der Waals surface area contributed by atoms with Crippen LogP contribution in [0.2, 0.25) is 0 Å². The van der Waals surface area contributed by atoms with Gasteiger partial charge in [-0.3, -0.25) is 9.99 Å². The van der Waals surface area contributed by atoms with Crippen LogP contribution in [0, 0.1) is 11.6 Å². The molecule has 1 aromatic heterocycles. The van der Waals surface area contributed by atoms with Crippen molar-refractivity contribution in [1.82, 2.24) is 9.99 Å². The van der Waals surface area contributed by atoms with Gasteiger partial charge in [-0.25, -0.2) is 14.6 Å². The van der Waals surface area contributed by atoms with Crippen LogP contribution in [-0.2, 0) is 11.5 Å². The molecule has 0 amide bonds. The highest BCUT2D eigenvalue weighted by Crippen LogP contribution is 2.46. The molecular formula is C22H18F7N5O2. The van der Waals surface area contributed by atoms with E-state index in [4.69, 9.17) is 11.7 Å². The van der Waals surface area contributed by atoms with Crippen LogP contribution in [-0.4, -0.2) is 34.3 Å². The SMILES string of the molecule is N/N=C\N(N)C[C@@](O)(c1ccc(F)cc1F)C(F)(F)c1ccc(-c2ccc(OC(F)(F)F)cc2)cn1. The molecule has 5 N–H and O–H groups in total. The van der Waals surface area contributed by atoms with E-state index in [1.165, 1.54) is 18.2 Å². The number of nitrogens with zero attached hydrogens (tertiary/aromatic N) is 3. The Labute approximate surface area is 199 Å². The molecule has 0 saturated heterocycles. The zero-order valence-corrected chi connectivity index (χ0v) is 18.1. The number of aromatic nitrogens is 1. The first-order valence-corrected chi connectivity index (χ1v) is 9.90. The van der Waals surface area contributed by atoms with Gasteiger partial charge < -0.3 is 15.7 Å². The highest BCUT2D eigenvalue weighted by atomic mass is 19.4. The number of hydrazone groups is 1. The molecule has 192 valence electrons. The number of nitrogens with two attached hydrogens (primary N) is 2. The van der Waals surface area contributed by atoms with Crippen molar-refractivity contribution in [1.29, 1.82) is 0 Å². The first-order chi connectivity index (χ1) is 16.8. The van der Waals surface area contributed by atoms with Crippen molar-refractivity contribution in [3.8, 4) is 16.9 Å². The smallest absolute Gasteiger partial charge is 0.406 e. The van der Waals surface area contributed by atoms with Gasteiger partial charge in [0.25, 0.3) is 0 Å². The molecule has 0 unspecified atom stereocenters. The van der Waals surface area contributed by atoms with E-state index in [0.717, 1.165) is 24.4 Å². The first kappa shape index (κ1) is 26.7. The van der Waals surface area contributed by atoms with Gasteiger partial charge in [0.2, 0.25) is 0 Å². The zero-order chi connectivity index (χ0) is 26.7. The van der Waals surface area contributed by atoms with E-state index < -0.39 is 53.1 Å². The molecule has 7 nitrogen and oxygen atoms in total. The van der Waals surface area contributed by atoms with Gasteiger partial charge in [0, 0.05) is 23.4 Å². The van der Waals surface area contributed by atoms with Gasteiger partial charge in [-0.1, -0.05) is 18.2 Å². The number of alkyl halides is 5. The summed E-state index contributed by atoms with van der Waals surface area (Å²) in [6.07, 6.45) is -3.21. The number of ether oxygens (including phenoxy) is 1. The summed E-state index contributed by atoms with van der Waals surface area (Å²) in [6, 6.07) is 8.18. The topological polar surface area (TPSA) is 110 Å². The fourth-order valence-corrected chi connectivity index (χ4v) is 3.38. The van der Waals surface area contributed by atoms with Crippen molar-refractivity contribution in [2.75, 3.05) is 6.54 Å². The molecule has 0 bridgehead atoms. The Morgan fingerprint density at radius 2 is 1.61 bits per heavy atom. The molecule has 0 spiro atoms. The Morgan fingerprint density at radius 1 is 0.972 bits per heavy atom. The van der Waals surface area contributed by atoms with Gasteiger partial charge in [0.05, 0.1) is 6.54 Å². The van der Waals surface area contributed by atoms with Crippen LogP contribution in [0.25, 0.3) is 11.1 Å². The minimum atomic E-state index is -4.88. The maximum Gasteiger partial charge on any atom is 0.573 e. The fourth-order valence-electron chi connectivity index (χ4n) is 3.38. The third kappa shape index (κ3) is 5.66. The normalized spacial score (nSPS) is 14.0. The van der Waals surface area contributed by atoms with E-state index in [0.29, 0.717) is 35.1 Å². The number of benzene rings is 2. The van der Waals surface area contributed by atoms with E-state index in [9.17, 15) is 27.1 Å². The average Bonchev–Trinajstić information content (AvgIpc) is 2.78. The minimum absolute atomic E-state index is 0.236. The summed E-state index contributed by atoms with van der Waals surface area (Å²) >= 11 is 0. The number of pyridine rings is 1. The number of hydrazine groups is 1. The van der Waals surface area contributed by atoms with Crippen LogP contribution >= 0.6 is 0 Å². The van der Waals surface area contributed by atoms with E-state index >= 15 is 8.78 Å². The van der Waals surface area contributed by atoms with Crippen molar-refractivity contribution in [3.63, 3.8) is 0 Å². The lowest BCUT2D eigenvalue weighted by Crippen LogP contribution is -2.53. The largest absolute Gasteiger partial charge is 0.573 e. The fraction of sp³-hybridized carbons (Fsp3) is 0.182. The average molecular weight is 517 g/mol. The van der Waals surface area contributed by atoms with Crippen LogP contribution in [0.15, 0.2) is 65.9 Å². The summed E-state index contributed by atoms with van der Waals surface area (Å²) in [6.45, 7) is -1.13. The molecule has 2 aromatic carbocycles. The number of hydrogen-bond donors (Lipinski definition) is 3. The van der Waals surface area contributed by atoms with Crippen molar-refractivity contribution in [3.05, 3.63) is 83.7 Å². The van der Waals surface area contributed by atoms with Crippen molar-refractivity contribution in [2.45, 2.75) is 17.9 Å². The molecule has 0 saturated carbocycles. The molecule has 1 heterocycles. The van der Waals surface area contributed by atoms with Crippen LogP contribution < -0.4 is 16.4 Å². The lowest BCUT2D eigenvalue weighted by molar-refractivity contribution is -0.274. The molecule has 0 aliphatic rings. The Morgan fingerprint density at radius 3 is 2.14 bits per heavy atom. The maximum absolute atomic E-state index is 15.7. The van der Waals surface area contributed by atoms with Gasteiger partial charge in [0.15, 0.2) is 5.60 Å². The summed E-state index contributed by atoms with van der Waals surface area (Å²) in [4.78, 5) is 3.67. The van der Waals surface area contributed by atoms with Gasteiger partial charge in [0.1, 0.15) is 29.4 Å². The monoisotopic (exact) mass is 517 g/mol. The maximum atomic E-state index is 15.7. The molecule has 0 fully saturated rings. The lowest BCUT2D eigenvalue weighted by atomic mass is 9.84. The van der Waals surface area contributed by atoms with Gasteiger partial charge in [-0.15, -0.1) is 13.2 Å². The van der Waals surface area contributed by atoms with Gasteiger partial charge >= 0.3 is 12.3 Å². The van der Waals surface area contributed by atoms with Crippen LogP contribution in [0.5, 0.6) is 5.75 Å². The quantitative estimate of drug-likeness (QED) is 0.137. The first-order valence-electron chi connectivity index (χ1n) is 9.90. The summed E-state index contributed by atoms with van der Waals surface area (Å²) in [7, 11) is 0. The summed E-state index contributed by atoms with van der Waals surface area (Å²) in [5.41, 5.74) is -4.79. The zero-order valence-electron chi connectivity index (χ0n) is 18.1. The van der Waals surface area contributed by atoms with E-state index in [-0.39, 0.29) is 5.56 Å². The summed E-state index contributed by atoms with van der Waals surface area (Å²) < 4.78 is 99.9. The molecule has 0 aliphatic carbocycles. The number of aliphatic hydroxyl groups is 1. The predicted molar refractivity (Wildman–Crippen MR) is 114 cm³/mol. The number of hydrogen-bond acceptors (Lipinski definition) is 6. The van der Waals surface area contributed by atoms with E-state index in [1.807, 2.05) is 0 Å². The second-order valence-corrected chi connectivity index (χ2v) is 7.50. The highest BCUT2D eigenvalue weighted by Gasteiger charge is 2.58. The van der Waals surface area contributed by atoms with Gasteiger partial charge in [-0.2, -0.15) is 13.9 Å². The van der Waals surface area contributed by atoms with Crippen molar-refractivity contribution in [2.24, 2.45) is 16.8 Å². The molecule has 0 radical (unpaired) electrons. The lowest BCUT2D eigenvalue weighted by Gasteiger charge is -2.37. The van der Waals surface area contributed by atoms with Crippen molar-refractivity contribution >= 4 is 6.34 Å². The summed E-state index contributed by atoms with van der Waals surface area (Å²) in [5.74, 6) is 3.16. The van der Waals surface area contributed by atoms with Gasteiger partial charge in [-0.05, 0) is 35.9 Å². The van der Waals surface area contributed by atoms with Crippen molar-refractivity contribution < 1.29 is 40.6 Å². The number of rotatable bonds is 8. The molecule has 1 atom stereocenters. The molecule has 3 rings (SSSR count). The Bertz CT molecular complexity index is 1220. The Balaban J connectivity index is 1.98. The third-order valence-corrected chi connectivity index (χ3v) is 5.03. The third-order valence-electron chi connectivity index (χ3n) is 5.03. The molecular weight excluding hydrogens is 499 g/mol. The second-order valence-electron chi connectivity index (χ2n) is 7.50. The Hall–Kier alpha value is -3.91. The standard InChI is InChI=1S/C22H18F7N5O2/c23-15-4-7-17(18(24)9-15)20(35,11-34(31)12-33-30)21(25,26)19-8-3-14(10-32-19)13-1-5-16(6-2-13)36-22(27,28)29/h1-10,12,35H,11,30-31H2/b33-12-/t20-/m1/s1. The molecule has 3 aromatic rings. The number of halogens is 7. The van der Waals surface area contributed by atoms with E-state index in [1.54, 1.807) is 0 Å². The summed E-state index contributed by atoms with van der Waals surface area (Å²) in [5, 5.41) is 14.6. The highest BCUT2D eigenvalue weighted by molar-refractivity contribution is 5.63. The predicted octanol–water partition coefficient (Wildman–Crippen LogP) is 3.98. The van der Waals surface area contributed by atoms with E-state index in [2.05, 4.69) is 14.8 Å². The van der Waals surface area contributed by atoms with Crippen LogP contribution in [0.1, 0.15) is 11.3 Å². The molecule has 14 heteroatoms.